The maximum absolute atomic E-state index is 0. The summed E-state index contributed by atoms with van der Waals surface area (Å²) in [6, 6.07) is 0. The summed E-state index contributed by atoms with van der Waals surface area (Å²) >= 11 is 0. The first-order chi connectivity index (χ1) is 0. The van der Waals surface area contributed by atoms with Crippen molar-refractivity contribution in [2.45, 2.75) is 0 Å². The van der Waals surface area contributed by atoms with Gasteiger partial charge in [-0.3, -0.25) is 0 Å². The smallest absolute Gasteiger partial charge is 0 e. The van der Waals surface area contributed by atoms with Crippen LogP contribution in [0.25, 0.3) is 0 Å². The maximum Gasteiger partial charge on any atom is 0.316 e. The van der Waals surface area contributed by atoms with Crippen LogP contribution in [0.4, 0.5) is 0 Å². The average molecular weight is 364 g/mol. The van der Waals surface area contributed by atoms with Crippen LogP contribution in [0.3, 0.4) is 0 Å². The Bertz CT molecular complexity index is 9.61. The van der Waals surface area contributed by atoms with Crippen LogP contribution in [0, 0.1) is 0 Å². The third-order valence-corrected chi connectivity index (χ3v) is 0. The molecule has 0 aromatic heterocycles. The molecule has 26 valence electrons. The van der Waals surface area contributed by atoms with E-state index in [1.165, 1.54) is 0 Å². The van der Waals surface area contributed by atoms with E-state index in [4.69, 9.17) is 0 Å². The van der Waals surface area contributed by atoms with Gasteiger partial charge in [0, 0.05) is 19.5 Å². The van der Waals surface area contributed by atoms with E-state index in [1.807, 2.05) is 0 Å². The molecule has 0 unspecified atom stereocenters. The van der Waals surface area contributed by atoms with E-state index in [0.717, 1.165) is 0 Å². The zero-order chi connectivity index (χ0) is 0. The van der Waals surface area contributed by atoms with Gasteiger partial charge in [0.25, 0.3) is 0 Å². The van der Waals surface area contributed by atoms with Crippen LogP contribution >= 0.6 is 0 Å². The first-order valence-electron chi connectivity index (χ1n) is 0. The van der Waals surface area contributed by atoms with Crippen LogP contribution < -0.4 is 0 Å². The minimum absolute atomic E-state index is 0. The molecule has 0 rings (SSSR count). The van der Waals surface area contributed by atoms with E-state index < -0.39 is 0 Å². The van der Waals surface area contributed by atoms with Gasteiger partial charge in [0.15, 0.2) is 34.7 Å². The molecule has 0 aromatic rings. The molecule has 0 saturated carbocycles. The Hall–Kier alpha value is 3.34. The fraction of sp³-hybridized carbons (Fsp3) is 0. The molecule has 0 fully saturated rings. The van der Waals surface area contributed by atoms with E-state index in [1.54, 1.807) is 0 Å². The molecule has 0 nitrogen and oxygen atoms in total. The summed E-state index contributed by atoms with van der Waals surface area (Å²) < 4.78 is 0. The van der Waals surface area contributed by atoms with E-state index in [-0.39, 0.29) is 103 Å². The van der Waals surface area contributed by atoms with Crippen molar-refractivity contribution < 1.29 is 19.5 Å². The van der Waals surface area contributed by atoms with Gasteiger partial charge in [0.05, 0.1) is 0 Å². The number of hydrogen-bond donors (Lipinski definition) is 0. The van der Waals surface area contributed by atoms with Crippen molar-refractivity contribution in [3.8, 4) is 0 Å². The fourth-order valence-electron chi connectivity index (χ4n) is 0. The third-order valence-electron chi connectivity index (χ3n) is 0. The largest absolute Gasteiger partial charge is 0.316 e. The van der Waals surface area contributed by atoms with Crippen molar-refractivity contribution in [1.82, 2.24) is 0 Å². The van der Waals surface area contributed by atoms with E-state index in [2.05, 4.69) is 0 Å². The van der Waals surface area contributed by atoms with Crippen LogP contribution in [0.15, 0.2) is 0 Å². The van der Waals surface area contributed by atoms with Gasteiger partial charge in [-0.25, -0.2) is 0 Å². The molecule has 0 atom stereocenters. The van der Waals surface area contributed by atoms with Gasteiger partial charge in [0.1, 0.15) is 0 Å². The van der Waals surface area contributed by atoms with Gasteiger partial charge in [0.2, 0.25) is 0 Å². The minimum Gasteiger partial charge on any atom is 0 e. The van der Waals surface area contributed by atoms with Crippen molar-refractivity contribution in [3.05, 3.63) is 0 Å². The molecule has 0 heterocycles. The van der Waals surface area contributed by atoms with Gasteiger partial charge >= 0.3 is 49.3 Å². The Morgan fingerprint density at radius 3 is 0.800 bits per heavy atom. The molecule has 0 spiro atoms. The summed E-state index contributed by atoms with van der Waals surface area (Å²) in [6.45, 7) is 0. The maximum atomic E-state index is 0. The quantitative estimate of drug-likeness (QED) is 0.381. The van der Waals surface area contributed by atoms with Gasteiger partial charge in [-0.1, -0.05) is 0 Å². The summed E-state index contributed by atoms with van der Waals surface area (Å²) in [7, 11) is 0. The summed E-state index contributed by atoms with van der Waals surface area (Å²) in [5.74, 6) is 0. The second-order valence-corrected chi connectivity index (χ2v) is 0. The van der Waals surface area contributed by atoms with Crippen LogP contribution in [0.5, 0.6) is 0 Å². The molecular formula is H11Al2BiMgZn. The van der Waals surface area contributed by atoms with Gasteiger partial charge in [-0.05, 0) is 0 Å². The molecule has 0 aliphatic rings. The zero-order valence-corrected chi connectivity index (χ0v) is 9.88. The van der Waals surface area contributed by atoms with Crippen molar-refractivity contribution in [1.29, 1.82) is 0 Å². The summed E-state index contributed by atoms with van der Waals surface area (Å²) in [4.78, 5) is 0. The molecule has 0 aliphatic carbocycles. The standard InChI is InChI=1S/2Al.Bi.Mg.Zn.11H. The molecule has 5 heavy (non-hydrogen) atoms. The molecule has 0 radical (unpaired) electrons. The first kappa shape index (κ1) is 40.3. The Morgan fingerprint density at radius 2 is 0.800 bits per heavy atom. The van der Waals surface area contributed by atoms with Crippen LogP contribution in [0.2, 0.25) is 0 Å². The van der Waals surface area contributed by atoms with Gasteiger partial charge < -0.3 is 0 Å². The molecule has 0 aliphatic heterocycles. The van der Waals surface area contributed by atoms with Crippen molar-refractivity contribution in [2.24, 2.45) is 0 Å². The fourth-order valence-corrected chi connectivity index (χ4v) is 0. The number of hydrogen-bond acceptors (Lipinski definition) is 0. The predicted molar refractivity (Wildman–Crippen MR) is 38.4 cm³/mol. The second kappa shape index (κ2) is 26.5. The summed E-state index contributed by atoms with van der Waals surface area (Å²) in [5.41, 5.74) is 0. The Balaban J connectivity index is 0. The molecule has 5 heteroatoms. The third kappa shape index (κ3) is 18.8. The molecular weight excluding hydrogens is 353 g/mol. The van der Waals surface area contributed by atoms with E-state index in [0.29, 0.717) is 0 Å². The van der Waals surface area contributed by atoms with Crippen LogP contribution in [-0.2, 0) is 19.5 Å². The predicted octanol–water partition coefficient (Wildman–Crippen LogP) is -4.47. The normalized spacial score (nSPS) is 0. The summed E-state index contributed by atoms with van der Waals surface area (Å²) in [5, 5.41) is 0. The van der Waals surface area contributed by atoms with E-state index >= 15 is 0 Å². The molecule has 0 bridgehead atoms. The average Bonchev–Trinajstić information content (AvgIpc) is 0. The van der Waals surface area contributed by atoms with Crippen molar-refractivity contribution in [3.63, 3.8) is 0 Å². The molecule has 0 N–H and O–H groups in total. The molecule has 0 amide bonds. The van der Waals surface area contributed by atoms with Crippen LogP contribution in [0.1, 0.15) is 0 Å². The van der Waals surface area contributed by atoms with E-state index in [9.17, 15) is 0 Å². The minimum atomic E-state index is 0. The topological polar surface area (TPSA) is 0 Å². The van der Waals surface area contributed by atoms with Crippen molar-refractivity contribution >= 4 is 84.0 Å². The molecule has 0 aromatic carbocycles. The SMILES string of the molecule is [AlH3].[AlH3].[BiH3].[MgH2].[Zn]. The zero-order valence-electron chi connectivity index (χ0n) is 1.41. The Morgan fingerprint density at radius 1 is 0.800 bits per heavy atom. The Kier molecular flexibility index (Phi) is 213. The van der Waals surface area contributed by atoms with Gasteiger partial charge in [-0.2, -0.15) is 0 Å². The van der Waals surface area contributed by atoms with Crippen molar-refractivity contribution in [2.75, 3.05) is 0 Å². The second-order valence-electron chi connectivity index (χ2n) is 0. The first-order valence-corrected chi connectivity index (χ1v) is 0. The molecule has 0 saturated heterocycles. The number of rotatable bonds is 0. The Labute approximate surface area is 102 Å². The van der Waals surface area contributed by atoms with Crippen LogP contribution in [-0.4, -0.2) is 84.0 Å². The monoisotopic (exact) mass is 362 g/mol. The summed E-state index contributed by atoms with van der Waals surface area (Å²) in [6.07, 6.45) is 0. The van der Waals surface area contributed by atoms with Gasteiger partial charge in [-0.15, -0.1) is 0 Å².